The Labute approximate surface area is 145 Å². The van der Waals surface area contributed by atoms with Gasteiger partial charge in [0.25, 0.3) is 0 Å². The topological polar surface area (TPSA) is 72.1 Å². The molecule has 0 aliphatic heterocycles. The number of nitriles is 1. The molecular weight excluding hydrogens is 316 g/mol. The van der Waals surface area contributed by atoms with Crippen LogP contribution >= 0.6 is 0 Å². The number of aromatic nitrogens is 1. The molecule has 0 N–H and O–H groups in total. The van der Waals surface area contributed by atoms with E-state index in [1.807, 2.05) is 28.8 Å². The van der Waals surface area contributed by atoms with Gasteiger partial charge in [0, 0.05) is 34.8 Å². The molecule has 0 saturated heterocycles. The molecule has 2 aromatic carbocycles. The van der Waals surface area contributed by atoms with E-state index in [9.17, 15) is 9.59 Å². The number of para-hydroxylation sites is 1. The summed E-state index contributed by atoms with van der Waals surface area (Å²) in [6, 6.07) is 16.3. The van der Waals surface area contributed by atoms with Gasteiger partial charge in [-0.2, -0.15) is 5.26 Å². The maximum absolute atomic E-state index is 12.6. The van der Waals surface area contributed by atoms with Crippen LogP contribution in [0.1, 0.15) is 27.1 Å². The Hall–Kier alpha value is -3.39. The maximum atomic E-state index is 12.6. The van der Waals surface area contributed by atoms with Gasteiger partial charge in [-0.3, -0.25) is 9.59 Å². The molecule has 3 aromatic rings. The molecule has 0 amide bonds. The zero-order valence-corrected chi connectivity index (χ0v) is 13.5. The van der Waals surface area contributed by atoms with Gasteiger partial charge in [-0.1, -0.05) is 18.2 Å². The van der Waals surface area contributed by atoms with Crippen molar-refractivity contribution in [2.24, 2.45) is 0 Å². The number of nitrogens with zero attached hydrogens (tertiary/aromatic N) is 2. The van der Waals surface area contributed by atoms with Crippen LogP contribution in [0.3, 0.4) is 0 Å². The van der Waals surface area contributed by atoms with Gasteiger partial charge in [-0.15, -0.1) is 0 Å². The highest BCUT2D eigenvalue weighted by Gasteiger charge is 2.15. The number of ketones is 1. The summed E-state index contributed by atoms with van der Waals surface area (Å²) in [6.07, 6.45) is 2.92. The lowest BCUT2D eigenvalue weighted by atomic mass is 10.1. The Kier molecular flexibility index (Phi) is 4.91. The molecule has 0 aliphatic rings. The largest absolute Gasteiger partial charge is 0.485 e. The number of hydrogen-bond acceptors (Lipinski definition) is 4. The van der Waals surface area contributed by atoms with Crippen LogP contribution in [0.2, 0.25) is 0 Å². The van der Waals surface area contributed by atoms with Crippen molar-refractivity contribution in [3.8, 4) is 11.8 Å². The van der Waals surface area contributed by atoms with Gasteiger partial charge in [-0.25, -0.2) is 0 Å². The van der Waals surface area contributed by atoms with Crippen LogP contribution in [0.15, 0.2) is 54.7 Å². The molecule has 1 aromatic heterocycles. The molecule has 25 heavy (non-hydrogen) atoms. The summed E-state index contributed by atoms with van der Waals surface area (Å²) in [4.78, 5) is 23.2. The van der Waals surface area contributed by atoms with Gasteiger partial charge >= 0.3 is 0 Å². The van der Waals surface area contributed by atoms with Crippen molar-refractivity contribution in [2.45, 2.75) is 13.0 Å². The lowest BCUT2D eigenvalue weighted by Crippen LogP contribution is -2.11. The van der Waals surface area contributed by atoms with Crippen LogP contribution in [-0.2, 0) is 6.54 Å². The average molecular weight is 332 g/mol. The van der Waals surface area contributed by atoms with E-state index in [4.69, 9.17) is 10.00 Å². The Bertz CT molecular complexity index is 949. The van der Waals surface area contributed by atoms with Crippen molar-refractivity contribution in [3.05, 3.63) is 65.9 Å². The molecule has 5 heteroatoms. The monoisotopic (exact) mass is 332 g/mol. The van der Waals surface area contributed by atoms with Crippen LogP contribution in [0.4, 0.5) is 0 Å². The third kappa shape index (κ3) is 3.59. The number of fused-ring (bicyclic) bond motifs is 1. The number of ether oxygens (including phenoxy) is 1. The van der Waals surface area contributed by atoms with Gasteiger partial charge in [0.2, 0.25) is 5.78 Å². The van der Waals surface area contributed by atoms with Crippen molar-refractivity contribution in [2.75, 3.05) is 6.61 Å². The fraction of sp³-hybridized carbons (Fsp3) is 0.150. The van der Waals surface area contributed by atoms with Crippen LogP contribution in [-0.4, -0.2) is 23.2 Å². The third-order valence-electron chi connectivity index (χ3n) is 3.94. The first-order chi connectivity index (χ1) is 12.2. The number of rotatable bonds is 7. The summed E-state index contributed by atoms with van der Waals surface area (Å²) >= 11 is 0. The summed E-state index contributed by atoms with van der Waals surface area (Å²) in [6.45, 7) is 0.449. The number of aldehydes is 1. The van der Waals surface area contributed by atoms with E-state index >= 15 is 0 Å². The van der Waals surface area contributed by atoms with Crippen molar-refractivity contribution >= 4 is 23.0 Å². The predicted molar refractivity (Wildman–Crippen MR) is 93.8 cm³/mol. The van der Waals surface area contributed by atoms with Crippen LogP contribution in [0.25, 0.3) is 10.9 Å². The van der Waals surface area contributed by atoms with E-state index in [1.165, 1.54) is 0 Å². The fourth-order valence-electron chi connectivity index (χ4n) is 2.69. The SMILES string of the molecule is N#CCCn1cc(C(=O)COc2ccc(C=O)cc2)c2ccccc21. The quantitative estimate of drug-likeness (QED) is 0.489. The summed E-state index contributed by atoms with van der Waals surface area (Å²) < 4.78 is 7.46. The van der Waals surface area contributed by atoms with Crippen LogP contribution in [0.5, 0.6) is 5.75 Å². The first kappa shape index (κ1) is 16.5. The van der Waals surface area contributed by atoms with Crippen molar-refractivity contribution in [1.82, 2.24) is 4.57 Å². The number of hydrogen-bond donors (Lipinski definition) is 0. The molecule has 5 nitrogen and oxygen atoms in total. The van der Waals surface area contributed by atoms with Crippen molar-refractivity contribution in [1.29, 1.82) is 5.26 Å². The highest BCUT2D eigenvalue weighted by molar-refractivity contribution is 6.08. The van der Waals surface area contributed by atoms with E-state index in [0.717, 1.165) is 17.2 Å². The lowest BCUT2D eigenvalue weighted by molar-refractivity contribution is 0.0922. The van der Waals surface area contributed by atoms with E-state index in [2.05, 4.69) is 6.07 Å². The molecule has 0 spiro atoms. The number of carbonyl (C=O) groups is 2. The zero-order chi connectivity index (χ0) is 17.6. The van der Waals surface area contributed by atoms with Gasteiger partial charge in [0.1, 0.15) is 12.0 Å². The molecule has 0 bridgehead atoms. The minimum Gasteiger partial charge on any atom is -0.485 e. The maximum Gasteiger partial charge on any atom is 0.202 e. The van der Waals surface area contributed by atoms with Crippen molar-refractivity contribution in [3.63, 3.8) is 0 Å². The van der Waals surface area contributed by atoms with Gasteiger partial charge in [0.15, 0.2) is 6.61 Å². The molecule has 0 unspecified atom stereocenters. The van der Waals surface area contributed by atoms with E-state index < -0.39 is 0 Å². The highest BCUT2D eigenvalue weighted by atomic mass is 16.5. The summed E-state index contributed by atoms with van der Waals surface area (Å²) in [5, 5.41) is 9.64. The second-order valence-electron chi connectivity index (χ2n) is 5.56. The second-order valence-corrected chi connectivity index (χ2v) is 5.56. The highest BCUT2D eigenvalue weighted by Crippen LogP contribution is 2.22. The smallest absolute Gasteiger partial charge is 0.202 e. The molecular formula is C20H16N2O3. The molecule has 0 fully saturated rings. The lowest BCUT2D eigenvalue weighted by Gasteiger charge is -2.05. The van der Waals surface area contributed by atoms with Crippen LogP contribution in [0, 0.1) is 11.3 Å². The number of aryl methyl sites for hydroxylation is 1. The molecule has 124 valence electrons. The van der Waals surface area contributed by atoms with E-state index in [1.54, 1.807) is 30.5 Å². The Morgan fingerprint density at radius 2 is 1.92 bits per heavy atom. The Morgan fingerprint density at radius 1 is 1.16 bits per heavy atom. The normalized spacial score (nSPS) is 10.4. The number of benzene rings is 2. The minimum atomic E-state index is -0.133. The molecule has 1 heterocycles. The Morgan fingerprint density at radius 3 is 2.64 bits per heavy atom. The first-order valence-corrected chi connectivity index (χ1v) is 7.89. The van der Waals surface area contributed by atoms with E-state index in [0.29, 0.717) is 29.8 Å². The standard InChI is InChI=1S/C20H16N2O3/c21-10-3-11-22-12-18(17-4-1-2-5-19(17)22)20(24)14-25-16-8-6-15(13-23)7-9-16/h1-2,4-9,12-13H,3,11,14H2. The third-order valence-corrected chi connectivity index (χ3v) is 3.94. The van der Waals surface area contributed by atoms with Crippen molar-refractivity contribution < 1.29 is 14.3 Å². The summed E-state index contributed by atoms with van der Waals surface area (Å²) in [5.41, 5.74) is 2.06. The molecule has 3 rings (SSSR count). The summed E-state index contributed by atoms with van der Waals surface area (Å²) in [5.74, 6) is 0.401. The molecule has 0 saturated carbocycles. The number of carbonyl (C=O) groups excluding carboxylic acids is 2. The van der Waals surface area contributed by atoms with Gasteiger partial charge in [-0.05, 0) is 30.3 Å². The first-order valence-electron chi connectivity index (χ1n) is 7.89. The van der Waals surface area contributed by atoms with Crippen LogP contribution < -0.4 is 4.74 Å². The predicted octanol–water partition coefficient (Wildman–Crippen LogP) is 3.63. The molecule has 0 atom stereocenters. The van der Waals surface area contributed by atoms with Gasteiger partial charge in [0.05, 0.1) is 12.5 Å². The second kappa shape index (κ2) is 7.45. The van der Waals surface area contributed by atoms with E-state index in [-0.39, 0.29) is 12.4 Å². The summed E-state index contributed by atoms with van der Waals surface area (Å²) in [7, 11) is 0. The average Bonchev–Trinajstić information content (AvgIpc) is 3.04. The fourth-order valence-corrected chi connectivity index (χ4v) is 2.69. The minimum absolute atomic E-state index is 0.0906. The zero-order valence-electron chi connectivity index (χ0n) is 13.5. The Balaban J connectivity index is 1.79. The van der Waals surface area contributed by atoms with Gasteiger partial charge < -0.3 is 9.30 Å². The molecule has 0 aliphatic carbocycles. The number of Topliss-reactive ketones (excluding diaryl/α,β-unsaturated/α-hetero) is 1. The molecule has 0 radical (unpaired) electrons.